The molecule has 2 unspecified atom stereocenters. The zero-order chi connectivity index (χ0) is 16.6. The number of esters is 1. The Morgan fingerprint density at radius 3 is 2.45 bits per heavy atom. The molecule has 0 fully saturated rings. The summed E-state index contributed by atoms with van der Waals surface area (Å²) in [5, 5.41) is 2.79. The number of nitrogens with one attached hydrogen (secondary N) is 1. The van der Waals surface area contributed by atoms with Crippen LogP contribution in [0.25, 0.3) is 0 Å². The lowest BCUT2D eigenvalue weighted by molar-refractivity contribution is -0.149. The molecule has 1 N–H and O–H groups in total. The Kier molecular flexibility index (Phi) is 4.35. The molecule has 0 saturated carbocycles. The largest absolute Gasteiger partial charge is 0.461 e. The van der Waals surface area contributed by atoms with Gasteiger partial charge in [0, 0.05) is 12.1 Å². The van der Waals surface area contributed by atoms with Gasteiger partial charge < -0.3 is 10.1 Å². The van der Waals surface area contributed by atoms with Crippen molar-refractivity contribution >= 4 is 23.3 Å². The van der Waals surface area contributed by atoms with Crippen LogP contribution < -0.4 is 10.2 Å². The second-order valence-corrected chi connectivity index (χ2v) is 5.52. The van der Waals surface area contributed by atoms with Gasteiger partial charge in [0.25, 0.3) is 0 Å². The summed E-state index contributed by atoms with van der Waals surface area (Å²) < 4.78 is 32.0. The molecule has 1 aromatic carbocycles. The van der Waals surface area contributed by atoms with Crippen molar-refractivity contribution in [3.05, 3.63) is 23.8 Å². The monoisotopic (exact) mass is 312 g/mol. The number of rotatable bonds is 3. The van der Waals surface area contributed by atoms with Gasteiger partial charge in [-0.2, -0.15) is 0 Å². The predicted molar refractivity (Wildman–Crippen MR) is 77.6 cm³/mol. The summed E-state index contributed by atoms with van der Waals surface area (Å²) in [6.07, 6.45) is -0.338. The van der Waals surface area contributed by atoms with Crippen molar-refractivity contribution in [1.82, 2.24) is 0 Å². The molecule has 1 aliphatic rings. The Morgan fingerprint density at radius 1 is 1.27 bits per heavy atom. The number of halogens is 2. The molecule has 120 valence electrons. The van der Waals surface area contributed by atoms with E-state index in [0.29, 0.717) is 0 Å². The number of hydrogen-bond donors (Lipinski definition) is 1. The number of hydrogen-bond acceptors (Lipinski definition) is 4. The fourth-order valence-corrected chi connectivity index (χ4v) is 2.31. The summed E-state index contributed by atoms with van der Waals surface area (Å²) >= 11 is 0. The molecule has 7 heteroatoms. The highest BCUT2D eigenvalue weighted by atomic mass is 19.2. The van der Waals surface area contributed by atoms with Gasteiger partial charge in [0.05, 0.1) is 17.5 Å². The molecular formula is C15H18F2N2O3. The molecule has 1 heterocycles. The first-order valence-corrected chi connectivity index (χ1v) is 7.01. The number of nitrogens with zero attached hydrogens (tertiary/aromatic N) is 1. The third kappa shape index (κ3) is 2.88. The Bertz CT molecular complexity index is 619. The second-order valence-electron chi connectivity index (χ2n) is 5.52. The molecule has 0 aliphatic carbocycles. The van der Waals surface area contributed by atoms with E-state index >= 15 is 0 Å². The summed E-state index contributed by atoms with van der Waals surface area (Å²) in [5.74, 6) is -3.12. The Morgan fingerprint density at radius 2 is 1.86 bits per heavy atom. The molecule has 0 spiro atoms. The van der Waals surface area contributed by atoms with Crippen molar-refractivity contribution in [1.29, 1.82) is 0 Å². The van der Waals surface area contributed by atoms with Gasteiger partial charge in [-0.25, -0.2) is 13.6 Å². The van der Waals surface area contributed by atoms with E-state index in [1.54, 1.807) is 20.8 Å². The third-order valence-corrected chi connectivity index (χ3v) is 3.36. The molecule has 0 saturated heterocycles. The lowest BCUT2D eigenvalue weighted by atomic mass is 10.1. The zero-order valence-electron chi connectivity index (χ0n) is 12.8. The van der Waals surface area contributed by atoms with Gasteiger partial charge in [-0.1, -0.05) is 0 Å². The van der Waals surface area contributed by atoms with Gasteiger partial charge >= 0.3 is 5.97 Å². The van der Waals surface area contributed by atoms with Crippen molar-refractivity contribution in [2.45, 2.75) is 45.9 Å². The van der Waals surface area contributed by atoms with E-state index < -0.39 is 35.6 Å². The standard InChI is InChI=1S/C15H18F2N2O3/c1-7(2)22-15(21)9(4)19-13-6-11(17)10(16)5-12(13)18-8(3)14(19)20/h5-9,18H,1-4H3. The molecular weight excluding hydrogens is 294 g/mol. The molecule has 22 heavy (non-hydrogen) atoms. The third-order valence-electron chi connectivity index (χ3n) is 3.36. The number of carbonyl (C=O) groups excluding carboxylic acids is 2. The normalized spacial score (nSPS) is 18.8. The van der Waals surface area contributed by atoms with Crippen LogP contribution in [0.5, 0.6) is 0 Å². The van der Waals surface area contributed by atoms with Gasteiger partial charge in [0.1, 0.15) is 12.1 Å². The number of amides is 1. The van der Waals surface area contributed by atoms with Crippen molar-refractivity contribution in [3.63, 3.8) is 0 Å². The summed E-state index contributed by atoms with van der Waals surface area (Å²) in [7, 11) is 0. The first-order valence-electron chi connectivity index (χ1n) is 7.01. The smallest absolute Gasteiger partial charge is 0.329 e. The van der Waals surface area contributed by atoms with Gasteiger partial charge in [-0.3, -0.25) is 9.69 Å². The molecule has 2 rings (SSSR count). The van der Waals surface area contributed by atoms with Crippen molar-refractivity contribution in [2.24, 2.45) is 0 Å². The number of ether oxygens (including phenoxy) is 1. The van der Waals surface area contributed by atoms with Crippen LogP contribution >= 0.6 is 0 Å². The average molecular weight is 312 g/mol. The zero-order valence-corrected chi connectivity index (χ0v) is 12.8. The van der Waals surface area contributed by atoms with Gasteiger partial charge in [0.15, 0.2) is 11.6 Å². The molecule has 0 bridgehead atoms. The van der Waals surface area contributed by atoms with E-state index in [1.165, 1.54) is 6.92 Å². The average Bonchev–Trinajstić information content (AvgIpc) is 2.41. The number of fused-ring (bicyclic) bond motifs is 1. The Balaban J connectivity index is 2.44. The Labute approximate surface area is 127 Å². The van der Waals surface area contributed by atoms with Crippen molar-refractivity contribution in [3.8, 4) is 0 Å². The van der Waals surface area contributed by atoms with E-state index in [-0.39, 0.29) is 17.5 Å². The maximum atomic E-state index is 13.5. The van der Waals surface area contributed by atoms with Crippen LogP contribution in [0.15, 0.2) is 12.1 Å². The van der Waals surface area contributed by atoms with Crippen molar-refractivity contribution < 1.29 is 23.1 Å². The first-order chi connectivity index (χ1) is 10.2. The van der Waals surface area contributed by atoms with E-state index in [9.17, 15) is 18.4 Å². The van der Waals surface area contributed by atoms with E-state index in [1.807, 2.05) is 0 Å². The highest BCUT2D eigenvalue weighted by Gasteiger charge is 2.37. The topological polar surface area (TPSA) is 58.6 Å². The summed E-state index contributed by atoms with van der Waals surface area (Å²) in [5.41, 5.74) is 0.380. The molecule has 2 atom stereocenters. The molecule has 5 nitrogen and oxygen atoms in total. The summed E-state index contributed by atoms with van der Waals surface area (Å²) in [6.45, 7) is 6.46. The Hall–Kier alpha value is -2.18. The maximum Gasteiger partial charge on any atom is 0.329 e. The minimum Gasteiger partial charge on any atom is -0.461 e. The highest BCUT2D eigenvalue weighted by Crippen LogP contribution is 2.35. The van der Waals surface area contributed by atoms with E-state index in [2.05, 4.69) is 5.32 Å². The first kappa shape index (κ1) is 16.2. The summed E-state index contributed by atoms with van der Waals surface area (Å²) in [6, 6.07) is 0.275. The second kappa shape index (κ2) is 5.90. The van der Waals surface area contributed by atoms with E-state index in [4.69, 9.17) is 4.74 Å². The summed E-state index contributed by atoms with van der Waals surface area (Å²) in [4.78, 5) is 25.6. The lowest BCUT2D eigenvalue weighted by Gasteiger charge is -2.37. The van der Waals surface area contributed by atoms with Crippen LogP contribution in [-0.4, -0.2) is 30.1 Å². The van der Waals surface area contributed by atoms with Crippen LogP contribution in [0.2, 0.25) is 0 Å². The molecule has 0 aromatic heterocycles. The van der Waals surface area contributed by atoms with Gasteiger partial charge in [-0.15, -0.1) is 0 Å². The van der Waals surface area contributed by atoms with Gasteiger partial charge in [-0.05, 0) is 27.7 Å². The minimum atomic E-state index is -1.09. The number of carbonyl (C=O) groups is 2. The number of benzene rings is 1. The van der Waals surface area contributed by atoms with Crippen LogP contribution in [0.4, 0.5) is 20.2 Å². The number of anilines is 2. The van der Waals surface area contributed by atoms with Crippen LogP contribution in [-0.2, 0) is 14.3 Å². The fourth-order valence-electron chi connectivity index (χ4n) is 2.31. The molecule has 1 aliphatic heterocycles. The minimum absolute atomic E-state index is 0.121. The quantitative estimate of drug-likeness (QED) is 0.871. The molecule has 1 amide bonds. The van der Waals surface area contributed by atoms with Crippen molar-refractivity contribution in [2.75, 3.05) is 10.2 Å². The SMILES string of the molecule is CC(C)OC(=O)C(C)N1C(=O)C(C)Nc2cc(F)c(F)cc21. The lowest BCUT2D eigenvalue weighted by Crippen LogP contribution is -2.53. The molecule has 0 radical (unpaired) electrons. The van der Waals surface area contributed by atoms with Crippen LogP contribution in [0.3, 0.4) is 0 Å². The van der Waals surface area contributed by atoms with Crippen LogP contribution in [0, 0.1) is 11.6 Å². The van der Waals surface area contributed by atoms with Gasteiger partial charge in [0.2, 0.25) is 5.91 Å². The maximum absolute atomic E-state index is 13.5. The fraction of sp³-hybridized carbons (Fsp3) is 0.467. The highest BCUT2D eigenvalue weighted by molar-refractivity contribution is 6.08. The van der Waals surface area contributed by atoms with E-state index in [0.717, 1.165) is 17.0 Å². The molecule has 1 aromatic rings. The van der Waals surface area contributed by atoms with Crippen LogP contribution in [0.1, 0.15) is 27.7 Å². The predicted octanol–water partition coefficient (Wildman–Crippen LogP) is 2.45.